The summed E-state index contributed by atoms with van der Waals surface area (Å²) in [4.78, 5) is 30.9. The number of carbonyl (C=O) groups excluding carboxylic acids is 2. The summed E-state index contributed by atoms with van der Waals surface area (Å²) in [5, 5.41) is 6.02. The summed E-state index contributed by atoms with van der Waals surface area (Å²) in [6.45, 7) is 3.36. The topological polar surface area (TPSA) is 93.5 Å². The molecule has 0 spiro atoms. The van der Waals surface area contributed by atoms with E-state index in [-0.39, 0.29) is 17.7 Å². The van der Waals surface area contributed by atoms with Crippen molar-refractivity contribution < 1.29 is 18.7 Å². The molecule has 4 rings (SSSR count). The van der Waals surface area contributed by atoms with Crippen molar-refractivity contribution in [1.82, 2.24) is 10.3 Å². The van der Waals surface area contributed by atoms with E-state index in [9.17, 15) is 9.59 Å². The van der Waals surface area contributed by atoms with Crippen LogP contribution in [0, 0.1) is 12.8 Å². The average Bonchev–Trinajstić information content (AvgIpc) is 3.25. The third-order valence-corrected chi connectivity index (χ3v) is 6.98. The van der Waals surface area contributed by atoms with Gasteiger partial charge in [-0.3, -0.25) is 14.6 Å². The molecule has 1 aliphatic carbocycles. The number of rotatable bonds is 6. The van der Waals surface area contributed by atoms with Crippen LogP contribution >= 0.6 is 0 Å². The number of anilines is 1. The highest BCUT2D eigenvalue weighted by atomic mass is 16.5. The van der Waals surface area contributed by atoms with Gasteiger partial charge in [-0.25, -0.2) is 0 Å². The standard InChI is InChI=1S/C26H35N3O4/c1-18-16-33-17-22(18)25(30)29-24(20-7-5-3-2-4-6-8-20)26(31)28-21-9-10-23(27-15-21)19-11-13-32-14-12-19/h9-10,15-17,19-20,24H,2-8,11-14H2,1H3,(H,28,31)(H,29,30). The van der Waals surface area contributed by atoms with E-state index in [2.05, 4.69) is 15.6 Å². The zero-order valence-electron chi connectivity index (χ0n) is 19.5. The van der Waals surface area contributed by atoms with E-state index in [4.69, 9.17) is 9.15 Å². The van der Waals surface area contributed by atoms with Crippen molar-refractivity contribution in [2.24, 2.45) is 5.92 Å². The van der Waals surface area contributed by atoms with Crippen molar-refractivity contribution >= 4 is 17.5 Å². The molecule has 2 aromatic rings. The maximum atomic E-state index is 13.4. The van der Waals surface area contributed by atoms with Crippen LogP contribution in [0.1, 0.15) is 85.3 Å². The smallest absolute Gasteiger partial charge is 0.255 e. The molecular weight excluding hydrogens is 418 g/mol. The van der Waals surface area contributed by atoms with Gasteiger partial charge >= 0.3 is 0 Å². The SMILES string of the molecule is Cc1cocc1C(=O)NC(C(=O)Nc1ccc(C2CCOCC2)nc1)C1CCCCCCC1. The lowest BCUT2D eigenvalue weighted by Gasteiger charge is -2.28. The number of furan rings is 1. The molecule has 0 aromatic carbocycles. The Bertz CT molecular complexity index is 910. The van der Waals surface area contributed by atoms with Crippen LogP contribution in [0.2, 0.25) is 0 Å². The molecule has 7 heteroatoms. The molecule has 1 unspecified atom stereocenters. The molecule has 3 heterocycles. The molecule has 33 heavy (non-hydrogen) atoms. The van der Waals surface area contributed by atoms with Gasteiger partial charge in [0.25, 0.3) is 5.91 Å². The van der Waals surface area contributed by atoms with Crippen LogP contribution in [0.15, 0.2) is 35.3 Å². The summed E-state index contributed by atoms with van der Waals surface area (Å²) in [7, 11) is 0. The molecular formula is C26H35N3O4. The highest BCUT2D eigenvalue weighted by molar-refractivity contribution is 6.01. The van der Waals surface area contributed by atoms with E-state index < -0.39 is 6.04 Å². The molecule has 2 N–H and O–H groups in total. The Kier molecular flexibility index (Phi) is 8.15. The summed E-state index contributed by atoms with van der Waals surface area (Å²) < 4.78 is 10.6. The molecule has 1 aliphatic heterocycles. The van der Waals surface area contributed by atoms with Gasteiger partial charge in [0.15, 0.2) is 0 Å². The molecule has 1 saturated heterocycles. The van der Waals surface area contributed by atoms with Crippen LogP contribution in [-0.4, -0.2) is 36.1 Å². The van der Waals surface area contributed by atoms with Crippen LogP contribution in [0.5, 0.6) is 0 Å². The zero-order chi connectivity index (χ0) is 23.0. The molecule has 1 atom stereocenters. The van der Waals surface area contributed by atoms with E-state index in [1.54, 1.807) is 12.5 Å². The van der Waals surface area contributed by atoms with Gasteiger partial charge in [0.1, 0.15) is 12.3 Å². The normalized spacial score (nSPS) is 19.3. The minimum atomic E-state index is -0.597. The van der Waals surface area contributed by atoms with Gasteiger partial charge in [-0.2, -0.15) is 0 Å². The number of amides is 2. The molecule has 1 saturated carbocycles. The van der Waals surface area contributed by atoms with Gasteiger partial charge in [0, 0.05) is 24.8 Å². The van der Waals surface area contributed by atoms with Gasteiger partial charge in [-0.15, -0.1) is 0 Å². The van der Waals surface area contributed by atoms with E-state index in [0.29, 0.717) is 17.2 Å². The first kappa shape index (κ1) is 23.5. The first-order valence-electron chi connectivity index (χ1n) is 12.3. The molecule has 0 bridgehead atoms. The number of aryl methyl sites for hydroxylation is 1. The van der Waals surface area contributed by atoms with Crippen molar-refractivity contribution in [2.45, 2.75) is 76.7 Å². The monoisotopic (exact) mass is 453 g/mol. The number of pyridine rings is 1. The molecule has 2 aliphatic rings. The van der Waals surface area contributed by atoms with Crippen LogP contribution in [0.4, 0.5) is 5.69 Å². The fourth-order valence-electron chi connectivity index (χ4n) is 4.96. The number of ether oxygens (including phenoxy) is 1. The second-order valence-electron chi connectivity index (χ2n) is 9.37. The molecule has 178 valence electrons. The Morgan fingerprint density at radius 2 is 1.73 bits per heavy atom. The predicted octanol–water partition coefficient (Wildman–Crippen LogP) is 4.97. The highest BCUT2D eigenvalue weighted by Gasteiger charge is 2.31. The second kappa shape index (κ2) is 11.5. The van der Waals surface area contributed by atoms with Gasteiger partial charge < -0.3 is 19.8 Å². The predicted molar refractivity (Wildman–Crippen MR) is 126 cm³/mol. The third kappa shape index (κ3) is 6.22. The minimum Gasteiger partial charge on any atom is -0.471 e. The van der Waals surface area contributed by atoms with E-state index in [1.165, 1.54) is 25.5 Å². The fraction of sp³-hybridized carbons (Fsp3) is 0.577. The van der Waals surface area contributed by atoms with E-state index >= 15 is 0 Å². The lowest BCUT2D eigenvalue weighted by Crippen LogP contribution is -2.48. The molecule has 2 fully saturated rings. The van der Waals surface area contributed by atoms with Crippen molar-refractivity contribution in [3.63, 3.8) is 0 Å². The summed E-state index contributed by atoms with van der Waals surface area (Å²) >= 11 is 0. The van der Waals surface area contributed by atoms with Crippen LogP contribution < -0.4 is 10.6 Å². The molecule has 0 radical (unpaired) electrons. The maximum Gasteiger partial charge on any atom is 0.255 e. The maximum absolute atomic E-state index is 13.4. The third-order valence-electron chi connectivity index (χ3n) is 6.98. The first-order chi connectivity index (χ1) is 16.1. The first-order valence-corrected chi connectivity index (χ1v) is 12.3. The lowest BCUT2D eigenvalue weighted by atomic mass is 9.85. The number of hydrogen-bond acceptors (Lipinski definition) is 5. The Morgan fingerprint density at radius 1 is 1.00 bits per heavy atom. The second-order valence-corrected chi connectivity index (χ2v) is 9.37. The quantitative estimate of drug-likeness (QED) is 0.644. The number of nitrogens with zero attached hydrogens (tertiary/aromatic N) is 1. The fourth-order valence-corrected chi connectivity index (χ4v) is 4.96. The zero-order valence-corrected chi connectivity index (χ0v) is 19.5. The van der Waals surface area contributed by atoms with Crippen molar-refractivity contribution in [2.75, 3.05) is 18.5 Å². The molecule has 2 amide bonds. The van der Waals surface area contributed by atoms with E-state index in [0.717, 1.165) is 63.0 Å². The number of nitrogens with one attached hydrogen (secondary N) is 2. The summed E-state index contributed by atoms with van der Waals surface area (Å²) in [5.74, 6) is 0.0618. The number of carbonyl (C=O) groups is 2. The Morgan fingerprint density at radius 3 is 2.36 bits per heavy atom. The highest BCUT2D eigenvalue weighted by Crippen LogP contribution is 2.28. The largest absolute Gasteiger partial charge is 0.471 e. The van der Waals surface area contributed by atoms with Gasteiger partial charge in [-0.1, -0.05) is 32.1 Å². The average molecular weight is 454 g/mol. The van der Waals surface area contributed by atoms with Crippen LogP contribution in [0.3, 0.4) is 0 Å². The van der Waals surface area contributed by atoms with Gasteiger partial charge in [0.2, 0.25) is 5.91 Å². The summed E-state index contributed by atoms with van der Waals surface area (Å²) in [6.07, 6.45) is 14.3. The molecule has 2 aromatic heterocycles. The van der Waals surface area contributed by atoms with E-state index in [1.807, 2.05) is 19.1 Å². The summed E-state index contributed by atoms with van der Waals surface area (Å²) in [5.41, 5.74) is 2.93. The van der Waals surface area contributed by atoms with Crippen molar-refractivity contribution in [1.29, 1.82) is 0 Å². The van der Waals surface area contributed by atoms with Crippen molar-refractivity contribution in [3.8, 4) is 0 Å². The number of hydrogen-bond donors (Lipinski definition) is 2. The van der Waals surface area contributed by atoms with Crippen molar-refractivity contribution in [3.05, 3.63) is 47.7 Å². The Labute approximate surface area is 195 Å². The van der Waals surface area contributed by atoms with Gasteiger partial charge in [0.05, 0.1) is 23.7 Å². The van der Waals surface area contributed by atoms with Crippen LogP contribution in [0.25, 0.3) is 0 Å². The molecule has 7 nitrogen and oxygen atoms in total. The number of aromatic nitrogens is 1. The van der Waals surface area contributed by atoms with Gasteiger partial charge in [-0.05, 0) is 56.2 Å². The lowest BCUT2D eigenvalue weighted by molar-refractivity contribution is -0.119. The Hall–Kier alpha value is -2.67. The summed E-state index contributed by atoms with van der Waals surface area (Å²) in [6, 6.07) is 3.30. The minimum absolute atomic E-state index is 0.107. The Balaban J connectivity index is 1.47. The van der Waals surface area contributed by atoms with Crippen LogP contribution in [-0.2, 0) is 9.53 Å².